The molecule has 1 fully saturated rings. The van der Waals surface area contributed by atoms with E-state index in [1.165, 1.54) is 0 Å². The molecule has 0 aromatic heterocycles. The molecule has 1 aromatic rings. The molecule has 4 nitrogen and oxygen atoms in total. The molecular formula is C16H26N2O2S. The molecular weight excluding hydrogens is 284 g/mol. The van der Waals surface area contributed by atoms with Crippen LogP contribution in [0.2, 0.25) is 0 Å². The maximum atomic E-state index is 12.8. The molecule has 1 heterocycles. The van der Waals surface area contributed by atoms with Gasteiger partial charge in [-0.25, -0.2) is 8.42 Å². The zero-order valence-electron chi connectivity index (χ0n) is 13.2. The van der Waals surface area contributed by atoms with E-state index >= 15 is 0 Å². The average Bonchev–Trinajstić information content (AvgIpc) is 2.81. The smallest absolute Gasteiger partial charge is 0.218 e. The summed E-state index contributed by atoms with van der Waals surface area (Å²) in [6.45, 7) is 4.84. The van der Waals surface area contributed by atoms with E-state index in [1.54, 1.807) is 4.31 Å². The molecule has 21 heavy (non-hydrogen) atoms. The second kappa shape index (κ2) is 6.90. The third-order valence-electron chi connectivity index (χ3n) is 4.23. The van der Waals surface area contributed by atoms with Crippen LogP contribution in [0.1, 0.15) is 44.2 Å². The van der Waals surface area contributed by atoms with E-state index in [1.807, 2.05) is 38.2 Å². The van der Waals surface area contributed by atoms with Gasteiger partial charge in [0.2, 0.25) is 10.0 Å². The van der Waals surface area contributed by atoms with E-state index in [0.29, 0.717) is 0 Å². The van der Waals surface area contributed by atoms with Crippen molar-refractivity contribution in [1.82, 2.24) is 9.62 Å². The Labute approximate surface area is 128 Å². The molecule has 0 radical (unpaired) electrons. The first kappa shape index (κ1) is 16.5. The Morgan fingerprint density at radius 3 is 2.67 bits per heavy atom. The second-order valence-corrected chi connectivity index (χ2v) is 7.80. The average molecular weight is 310 g/mol. The van der Waals surface area contributed by atoms with Crippen molar-refractivity contribution in [2.45, 2.75) is 57.5 Å². The van der Waals surface area contributed by atoms with Crippen molar-refractivity contribution >= 4 is 10.0 Å². The Balaban J connectivity index is 2.19. The van der Waals surface area contributed by atoms with E-state index in [0.717, 1.165) is 36.9 Å². The van der Waals surface area contributed by atoms with Crippen LogP contribution in [0.25, 0.3) is 0 Å². The molecule has 1 N–H and O–H groups in total. The van der Waals surface area contributed by atoms with Crippen molar-refractivity contribution in [3.05, 3.63) is 35.4 Å². The largest absolute Gasteiger partial charge is 0.316 e. The van der Waals surface area contributed by atoms with Crippen LogP contribution >= 0.6 is 0 Å². The molecule has 5 heteroatoms. The Kier molecular flexibility index (Phi) is 5.41. The van der Waals surface area contributed by atoms with Crippen molar-refractivity contribution in [1.29, 1.82) is 0 Å². The fraction of sp³-hybridized carbons (Fsp3) is 0.625. The van der Waals surface area contributed by atoms with Gasteiger partial charge in [-0.3, -0.25) is 0 Å². The monoisotopic (exact) mass is 310 g/mol. The van der Waals surface area contributed by atoms with Gasteiger partial charge in [-0.05, 0) is 44.4 Å². The number of nitrogens with one attached hydrogen (secondary N) is 1. The lowest BCUT2D eigenvalue weighted by atomic mass is 10.1. The number of nitrogens with zero attached hydrogens (tertiary/aromatic N) is 1. The lowest BCUT2D eigenvalue weighted by molar-refractivity contribution is 0.328. The summed E-state index contributed by atoms with van der Waals surface area (Å²) in [5.74, 6) is 0.103. The topological polar surface area (TPSA) is 49.4 Å². The summed E-state index contributed by atoms with van der Waals surface area (Å²) >= 11 is 0. The minimum absolute atomic E-state index is 0.103. The Morgan fingerprint density at radius 2 is 2.00 bits per heavy atom. The lowest BCUT2D eigenvalue weighted by Crippen LogP contribution is -2.40. The van der Waals surface area contributed by atoms with Crippen molar-refractivity contribution in [3.63, 3.8) is 0 Å². The Bertz CT molecular complexity index is 571. The molecule has 0 amide bonds. The summed E-state index contributed by atoms with van der Waals surface area (Å²) in [5, 5.41) is 3.09. The summed E-state index contributed by atoms with van der Waals surface area (Å²) < 4.78 is 27.3. The predicted octanol–water partition coefficient (Wildman–Crippen LogP) is 2.50. The molecule has 0 spiro atoms. The van der Waals surface area contributed by atoms with Gasteiger partial charge < -0.3 is 5.32 Å². The third-order valence-corrected chi connectivity index (χ3v) is 6.22. The van der Waals surface area contributed by atoms with Crippen LogP contribution in [0.5, 0.6) is 0 Å². The third kappa shape index (κ3) is 3.84. The van der Waals surface area contributed by atoms with Crippen LogP contribution < -0.4 is 5.32 Å². The molecule has 1 aromatic carbocycles. The van der Waals surface area contributed by atoms with Gasteiger partial charge in [-0.15, -0.1) is 0 Å². The highest BCUT2D eigenvalue weighted by Crippen LogP contribution is 2.30. The van der Waals surface area contributed by atoms with Crippen LogP contribution in [0.15, 0.2) is 24.3 Å². The van der Waals surface area contributed by atoms with Gasteiger partial charge in [0.1, 0.15) is 0 Å². The number of hydrogen-bond donors (Lipinski definition) is 1. The van der Waals surface area contributed by atoms with E-state index in [4.69, 9.17) is 0 Å². The van der Waals surface area contributed by atoms with E-state index < -0.39 is 10.0 Å². The normalized spacial score (nSPS) is 23.6. The van der Waals surface area contributed by atoms with Crippen molar-refractivity contribution < 1.29 is 8.42 Å². The molecule has 0 saturated carbocycles. The molecule has 0 bridgehead atoms. The predicted molar refractivity (Wildman–Crippen MR) is 86.4 cm³/mol. The maximum Gasteiger partial charge on any atom is 0.218 e. The van der Waals surface area contributed by atoms with Crippen molar-refractivity contribution in [2.24, 2.45) is 0 Å². The van der Waals surface area contributed by atoms with Gasteiger partial charge in [-0.2, -0.15) is 4.31 Å². The number of rotatable bonds is 6. The summed E-state index contributed by atoms with van der Waals surface area (Å²) in [6.07, 6.45) is 2.84. The fourth-order valence-corrected chi connectivity index (χ4v) is 5.36. The molecule has 1 aliphatic heterocycles. The second-order valence-electron chi connectivity index (χ2n) is 5.92. The van der Waals surface area contributed by atoms with Crippen molar-refractivity contribution in [3.8, 4) is 0 Å². The highest BCUT2D eigenvalue weighted by molar-refractivity contribution is 7.88. The van der Waals surface area contributed by atoms with Gasteiger partial charge >= 0.3 is 0 Å². The van der Waals surface area contributed by atoms with Gasteiger partial charge in [0.15, 0.2) is 0 Å². The van der Waals surface area contributed by atoms with Crippen LogP contribution in [-0.4, -0.2) is 31.9 Å². The van der Waals surface area contributed by atoms with E-state index in [9.17, 15) is 8.42 Å². The first-order chi connectivity index (χ1) is 9.97. The Morgan fingerprint density at radius 1 is 1.29 bits per heavy atom. The fourth-order valence-electron chi connectivity index (χ4n) is 3.25. The van der Waals surface area contributed by atoms with Crippen LogP contribution in [0, 0.1) is 0 Å². The van der Waals surface area contributed by atoms with Gasteiger partial charge in [0, 0.05) is 18.6 Å². The number of benzene rings is 1. The van der Waals surface area contributed by atoms with Gasteiger partial charge in [0.05, 0.1) is 5.75 Å². The van der Waals surface area contributed by atoms with E-state index in [2.05, 4.69) is 12.2 Å². The molecule has 0 aliphatic carbocycles. The summed E-state index contributed by atoms with van der Waals surface area (Å²) in [6, 6.07) is 8.13. The molecule has 2 unspecified atom stereocenters. The van der Waals surface area contributed by atoms with Crippen LogP contribution in [0.4, 0.5) is 0 Å². The van der Waals surface area contributed by atoms with E-state index in [-0.39, 0.29) is 17.8 Å². The molecule has 2 rings (SSSR count). The van der Waals surface area contributed by atoms with Crippen LogP contribution in [0.3, 0.4) is 0 Å². The SMILES string of the molecule is CCC1CCC(C)N1S(=O)(=O)Cc1cccc(CNC)c1. The molecule has 1 saturated heterocycles. The number of sulfonamides is 1. The quantitative estimate of drug-likeness (QED) is 0.878. The van der Waals surface area contributed by atoms with Crippen LogP contribution in [-0.2, 0) is 22.3 Å². The summed E-state index contributed by atoms with van der Waals surface area (Å²) in [5.41, 5.74) is 1.99. The minimum atomic E-state index is -3.24. The van der Waals surface area contributed by atoms with Crippen molar-refractivity contribution in [2.75, 3.05) is 7.05 Å². The molecule has 2 atom stereocenters. The van der Waals surface area contributed by atoms with Gasteiger partial charge in [-0.1, -0.05) is 31.2 Å². The number of hydrogen-bond acceptors (Lipinski definition) is 3. The van der Waals surface area contributed by atoms with Gasteiger partial charge in [0.25, 0.3) is 0 Å². The maximum absolute atomic E-state index is 12.8. The lowest BCUT2D eigenvalue weighted by Gasteiger charge is -2.27. The highest BCUT2D eigenvalue weighted by Gasteiger charge is 2.37. The summed E-state index contributed by atoms with van der Waals surface area (Å²) in [7, 11) is -1.35. The first-order valence-corrected chi connectivity index (χ1v) is 9.32. The molecule has 1 aliphatic rings. The highest BCUT2D eigenvalue weighted by atomic mass is 32.2. The zero-order valence-corrected chi connectivity index (χ0v) is 14.0. The zero-order chi connectivity index (χ0) is 15.5. The minimum Gasteiger partial charge on any atom is -0.316 e. The first-order valence-electron chi connectivity index (χ1n) is 7.71. The Hall–Kier alpha value is -0.910. The molecule has 118 valence electrons. The standard InChI is InChI=1S/C16H26N2O2S/c1-4-16-9-8-13(2)18(16)21(19,20)12-15-7-5-6-14(10-15)11-17-3/h5-7,10,13,16-17H,4,8-9,11-12H2,1-3H3. The summed E-state index contributed by atoms with van der Waals surface area (Å²) in [4.78, 5) is 0.